The van der Waals surface area contributed by atoms with Gasteiger partial charge in [-0.3, -0.25) is 0 Å². The first kappa shape index (κ1) is 45.3. The van der Waals surface area contributed by atoms with Gasteiger partial charge in [0.05, 0.1) is 60.6 Å². The summed E-state index contributed by atoms with van der Waals surface area (Å²) in [4.78, 5) is 11.0. The first-order valence-corrected chi connectivity index (χ1v) is 28.4. The van der Waals surface area contributed by atoms with Gasteiger partial charge in [0.25, 0.3) is 0 Å². The topological polar surface area (TPSA) is 80.0 Å². The quantitative estimate of drug-likeness (QED) is 0.166. The second kappa shape index (κ2) is 17.0. The van der Waals surface area contributed by atoms with E-state index in [9.17, 15) is 0 Å². The van der Waals surface area contributed by atoms with Crippen molar-refractivity contribution >= 4 is 131 Å². The summed E-state index contributed by atoms with van der Waals surface area (Å²) in [5, 5.41) is 13.6. The predicted molar refractivity (Wildman–Crippen MR) is 343 cm³/mol. The number of hydrogen-bond acceptors (Lipinski definition) is 5. The summed E-state index contributed by atoms with van der Waals surface area (Å²) in [6.45, 7) is 0. The maximum Gasteiger partial charge on any atom is 0.160 e. The Labute approximate surface area is 477 Å². The maximum absolute atomic E-state index is 6.50. The van der Waals surface area contributed by atoms with Gasteiger partial charge in [0.2, 0.25) is 0 Å². The fourth-order valence-corrected chi connectivity index (χ4v) is 13.8. The van der Waals surface area contributed by atoms with Crippen molar-refractivity contribution in [3.63, 3.8) is 0 Å². The molecule has 390 valence electrons. The molecular formula is C76H43N5O3. The summed E-state index contributed by atoms with van der Waals surface area (Å²) >= 11 is 0. The Hall–Kier alpha value is -11.5. The van der Waals surface area contributed by atoms with Gasteiger partial charge in [0.1, 0.15) is 33.5 Å². The minimum absolute atomic E-state index is 0.616. The van der Waals surface area contributed by atoms with E-state index in [1.165, 1.54) is 26.9 Å². The minimum Gasteiger partial charge on any atom is -0.456 e. The van der Waals surface area contributed by atoms with Crippen LogP contribution in [-0.4, -0.2) is 23.7 Å². The molecule has 0 spiro atoms. The predicted octanol–water partition coefficient (Wildman–Crippen LogP) is 20.5. The number of rotatable bonds is 6. The molecule has 19 aromatic rings. The first-order chi connectivity index (χ1) is 41.6. The van der Waals surface area contributed by atoms with Gasteiger partial charge in [-0.25, -0.2) is 9.97 Å². The monoisotopic (exact) mass is 1070 g/mol. The van der Waals surface area contributed by atoms with E-state index >= 15 is 0 Å². The van der Waals surface area contributed by atoms with Crippen molar-refractivity contribution in [1.82, 2.24) is 23.7 Å². The summed E-state index contributed by atoms with van der Waals surface area (Å²) < 4.78 is 26.6. The summed E-state index contributed by atoms with van der Waals surface area (Å²) in [5.74, 6) is 0.616. The van der Waals surface area contributed by atoms with E-state index in [4.69, 9.17) is 23.2 Å². The molecule has 19 rings (SSSR count). The lowest BCUT2D eigenvalue weighted by atomic mass is 10.0. The van der Waals surface area contributed by atoms with Crippen molar-refractivity contribution in [2.75, 3.05) is 0 Å². The molecule has 0 aliphatic heterocycles. The van der Waals surface area contributed by atoms with E-state index in [1.54, 1.807) is 0 Å². The second-order valence-corrected chi connectivity index (χ2v) is 22.0. The zero-order valence-corrected chi connectivity index (χ0v) is 44.8. The van der Waals surface area contributed by atoms with Crippen LogP contribution in [0.2, 0.25) is 0 Å². The highest BCUT2D eigenvalue weighted by Gasteiger charge is 2.24. The fourth-order valence-electron chi connectivity index (χ4n) is 13.8. The van der Waals surface area contributed by atoms with Crippen molar-refractivity contribution < 1.29 is 13.3 Å². The van der Waals surface area contributed by atoms with E-state index in [1.807, 2.05) is 36.4 Å². The lowest BCUT2D eigenvalue weighted by Crippen LogP contribution is -1.99. The van der Waals surface area contributed by atoms with Gasteiger partial charge in [-0.05, 0) is 115 Å². The van der Waals surface area contributed by atoms with Crippen LogP contribution < -0.4 is 0 Å². The van der Waals surface area contributed by atoms with Crippen LogP contribution in [0.5, 0.6) is 0 Å². The molecule has 0 aliphatic rings. The molecule has 0 saturated carbocycles. The zero-order chi connectivity index (χ0) is 54.7. The van der Waals surface area contributed by atoms with E-state index in [-0.39, 0.29) is 0 Å². The Morgan fingerprint density at radius 3 is 1.00 bits per heavy atom. The fraction of sp³-hybridized carbons (Fsp3) is 0. The first-order valence-electron chi connectivity index (χ1n) is 28.4. The van der Waals surface area contributed by atoms with Crippen LogP contribution >= 0.6 is 0 Å². The van der Waals surface area contributed by atoms with Crippen LogP contribution in [0.15, 0.2) is 274 Å². The molecule has 7 heterocycles. The lowest BCUT2D eigenvalue weighted by molar-refractivity contribution is 0.669. The Bertz CT molecular complexity index is 5740. The minimum atomic E-state index is 0.616. The Morgan fingerprint density at radius 1 is 0.238 bits per heavy atom. The Balaban J connectivity index is 0.801. The standard InChI is InChI=1S/C76H43N5O3/c1-7-22-61-50(16-1)53-36-39-67-70(56-19-4-10-25-64(56)82-67)73(53)79(61)47-32-28-44(29-33-47)59-43-60(45-30-34-48(35-31-45)80-62-23-8-2-17-51(62)54-37-40-68-71(74(54)80)57-20-5-11-26-65(57)83-68)78-76(77-59)46-14-13-15-49(42-46)81-63-24-9-3-18-52(63)55-38-41-69-72(75(55)81)58-21-6-12-27-66(58)84-69/h1-43H. The van der Waals surface area contributed by atoms with E-state index in [2.05, 4.69) is 238 Å². The van der Waals surface area contributed by atoms with Crippen molar-refractivity contribution in [1.29, 1.82) is 0 Å². The Kier molecular flexibility index (Phi) is 9.18. The molecule has 0 aliphatic carbocycles. The summed E-state index contributed by atoms with van der Waals surface area (Å²) in [5.41, 5.74) is 19.4. The van der Waals surface area contributed by atoms with Gasteiger partial charge in [-0.15, -0.1) is 0 Å². The number of para-hydroxylation sites is 6. The average Bonchev–Trinajstić information content (AvgIpc) is 2.19. The SMILES string of the molecule is c1cc(-c2nc(-c3ccc(-n4c5ccccc5c5ccc6oc7ccccc7c6c54)cc3)cc(-c3ccc(-n4c5ccccc5c5ccc6oc7ccccc7c6c54)cc3)n2)cc(-n2c3ccccc3c3ccc4oc5ccccc5c4c32)c1. The lowest BCUT2D eigenvalue weighted by Gasteiger charge is -2.14. The molecule has 8 heteroatoms. The third kappa shape index (κ3) is 6.36. The van der Waals surface area contributed by atoms with E-state index in [0.717, 1.165) is 149 Å². The maximum atomic E-state index is 6.50. The molecule has 12 aromatic carbocycles. The largest absolute Gasteiger partial charge is 0.456 e. The van der Waals surface area contributed by atoms with Crippen molar-refractivity contribution in [2.24, 2.45) is 0 Å². The molecule has 0 atom stereocenters. The molecule has 84 heavy (non-hydrogen) atoms. The highest BCUT2D eigenvalue weighted by molar-refractivity contribution is 6.27. The van der Waals surface area contributed by atoms with Crippen molar-refractivity contribution in [3.05, 3.63) is 261 Å². The van der Waals surface area contributed by atoms with Crippen LogP contribution in [0, 0.1) is 0 Å². The highest BCUT2D eigenvalue weighted by Crippen LogP contribution is 2.45. The van der Waals surface area contributed by atoms with Gasteiger partial charge in [0, 0.05) is 82.2 Å². The summed E-state index contributed by atoms with van der Waals surface area (Å²) in [6.07, 6.45) is 0. The molecule has 7 aromatic heterocycles. The van der Waals surface area contributed by atoms with Gasteiger partial charge in [-0.1, -0.05) is 146 Å². The van der Waals surface area contributed by atoms with Crippen molar-refractivity contribution in [2.45, 2.75) is 0 Å². The number of nitrogens with zero attached hydrogens (tertiary/aromatic N) is 5. The summed E-state index contributed by atoms with van der Waals surface area (Å²) in [6, 6.07) is 92.3. The molecule has 0 radical (unpaired) electrons. The van der Waals surface area contributed by atoms with Crippen LogP contribution in [-0.2, 0) is 0 Å². The zero-order valence-electron chi connectivity index (χ0n) is 44.8. The van der Waals surface area contributed by atoms with E-state index in [0.29, 0.717) is 5.82 Å². The smallest absolute Gasteiger partial charge is 0.160 e. The van der Waals surface area contributed by atoms with Gasteiger partial charge < -0.3 is 27.0 Å². The normalized spacial score (nSPS) is 12.3. The Morgan fingerprint density at radius 2 is 0.595 bits per heavy atom. The molecule has 0 amide bonds. The summed E-state index contributed by atoms with van der Waals surface area (Å²) in [7, 11) is 0. The van der Waals surface area contributed by atoms with Crippen LogP contribution in [0.3, 0.4) is 0 Å². The van der Waals surface area contributed by atoms with Crippen molar-refractivity contribution in [3.8, 4) is 51.0 Å². The van der Waals surface area contributed by atoms with E-state index < -0.39 is 0 Å². The number of benzene rings is 12. The molecular weight excluding hydrogens is 1030 g/mol. The second-order valence-electron chi connectivity index (χ2n) is 22.0. The molecule has 0 fully saturated rings. The third-order valence-corrected chi connectivity index (χ3v) is 17.5. The molecule has 0 bridgehead atoms. The number of hydrogen-bond donors (Lipinski definition) is 0. The molecule has 0 N–H and O–H groups in total. The van der Waals surface area contributed by atoms with Gasteiger partial charge >= 0.3 is 0 Å². The van der Waals surface area contributed by atoms with Crippen LogP contribution in [0.4, 0.5) is 0 Å². The number of fused-ring (bicyclic) bond motifs is 21. The van der Waals surface area contributed by atoms with Crippen LogP contribution in [0.25, 0.3) is 182 Å². The van der Waals surface area contributed by atoms with Gasteiger partial charge in [-0.2, -0.15) is 0 Å². The van der Waals surface area contributed by atoms with Gasteiger partial charge in [0.15, 0.2) is 5.82 Å². The highest BCUT2D eigenvalue weighted by atomic mass is 16.3. The third-order valence-electron chi connectivity index (χ3n) is 17.5. The molecule has 0 unspecified atom stereocenters. The number of furan rings is 3. The molecule has 8 nitrogen and oxygen atoms in total. The van der Waals surface area contributed by atoms with Crippen LogP contribution in [0.1, 0.15) is 0 Å². The molecule has 0 saturated heterocycles. The average molecular weight is 1070 g/mol. The number of aromatic nitrogens is 5.